The topological polar surface area (TPSA) is 143 Å². The number of benzene rings is 1. The lowest BCUT2D eigenvalue weighted by Gasteiger charge is -2.28. The van der Waals surface area contributed by atoms with Crippen molar-refractivity contribution in [3.8, 4) is 5.75 Å². The molecule has 10 heteroatoms. The van der Waals surface area contributed by atoms with Gasteiger partial charge in [-0.15, -0.1) is 0 Å². The predicted molar refractivity (Wildman–Crippen MR) is 133 cm³/mol. The number of ether oxygens (including phenoxy) is 1. The SMILES string of the molecule is COc1ccc(CC(NC(=O)C2CC(NC(=O)NC(C)C)CN2C(=O)CC(C)(C)C)C(N)=O)cc1. The Bertz CT molecular complexity index is 910. The van der Waals surface area contributed by atoms with Crippen molar-refractivity contribution in [2.24, 2.45) is 11.1 Å². The first kappa shape index (κ1) is 27.9. The van der Waals surface area contributed by atoms with Gasteiger partial charge in [0.2, 0.25) is 17.7 Å². The third kappa shape index (κ3) is 8.77. The highest BCUT2D eigenvalue weighted by atomic mass is 16.5. The van der Waals surface area contributed by atoms with Crippen LogP contribution in [0.25, 0.3) is 0 Å². The molecule has 1 aromatic rings. The Labute approximate surface area is 207 Å². The highest BCUT2D eigenvalue weighted by Gasteiger charge is 2.41. The van der Waals surface area contributed by atoms with Crippen LogP contribution in [0, 0.1) is 5.41 Å². The van der Waals surface area contributed by atoms with Crippen molar-refractivity contribution in [1.82, 2.24) is 20.9 Å². The van der Waals surface area contributed by atoms with Gasteiger partial charge in [-0.25, -0.2) is 4.79 Å². The molecule has 2 rings (SSSR count). The van der Waals surface area contributed by atoms with Crippen molar-refractivity contribution in [1.29, 1.82) is 0 Å². The lowest BCUT2D eigenvalue weighted by molar-refractivity contribution is -0.140. The van der Waals surface area contributed by atoms with Crippen molar-refractivity contribution in [3.63, 3.8) is 0 Å². The van der Waals surface area contributed by atoms with Gasteiger partial charge in [-0.2, -0.15) is 0 Å². The highest BCUT2D eigenvalue weighted by molar-refractivity contribution is 5.92. The molecule has 1 fully saturated rings. The number of primary amides is 1. The van der Waals surface area contributed by atoms with E-state index in [4.69, 9.17) is 10.5 Å². The van der Waals surface area contributed by atoms with E-state index in [0.29, 0.717) is 5.75 Å². The van der Waals surface area contributed by atoms with Crippen molar-refractivity contribution in [3.05, 3.63) is 29.8 Å². The fraction of sp³-hybridized carbons (Fsp3) is 0.600. The molecule has 0 radical (unpaired) electrons. The summed E-state index contributed by atoms with van der Waals surface area (Å²) in [5.74, 6) is -0.659. The minimum Gasteiger partial charge on any atom is -0.497 e. The van der Waals surface area contributed by atoms with Gasteiger partial charge in [-0.3, -0.25) is 14.4 Å². The fourth-order valence-corrected chi connectivity index (χ4v) is 4.00. The Kier molecular flexibility index (Phi) is 9.50. The summed E-state index contributed by atoms with van der Waals surface area (Å²) in [5, 5.41) is 8.32. The number of nitrogens with one attached hydrogen (secondary N) is 3. The van der Waals surface area contributed by atoms with Gasteiger partial charge >= 0.3 is 6.03 Å². The summed E-state index contributed by atoms with van der Waals surface area (Å²) in [6.07, 6.45) is 0.681. The first-order valence-corrected chi connectivity index (χ1v) is 11.9. The molecule has 1 aliphatic heterocycles. The van der Waals surface area contributed by atoms with Gasteiger partial charge in [-0.05, 0) is 43.4 Å². The number of methoxy groups -OCH3 is 1. The van der Waals surface area contributed by atoms with E-state index in [9.17, 15) is 19.2 Å². The van der Waals surface area contributed by atoms with Gasteiger partial charge in [0.25, 0.3) is 0 Å². The maximum absolute atomic E-state index is 13.3. The van der Waals surface area contributed by atoms with Crippen LogP contribution < -0.4 is 26.4 Å². The van der Waals surface area contributed by atoms with Crippen LogP contribution in [0.5, 0.6) is 5.75 Å². The summed E-state index contributed by atoms with van der Waals surface area (Å²) in [4.78, 5) is 52.2. The minimum atomic E-state index is -0.952. The second kappa shape index (κ2) is 11.9. The van der Waals surface area contributed by atoms with Crippen molar-refractivity contribution in [2.75, 3.05) is 13.7 Å². The second-order valence-corrected chi connectivity index (χ2v) is 10.5. The van der Waals surface area contributed by atoms with Gasteiger partial charge in [-0.1, -0.05) is 32.9 Å². The Morgan fingerprint density at radius 2 is 1.74 bits per heavy atom. The number of nitrogens with two attached hydrogens (primary N) is 1. The molecule has 5 amide bonds. The summed E-state index contributed by atoms with van der Waals surface area (Å²) in [7, 11) is 1.56. The van der Waals surface area contributed by atoms with Crippen LogP contribution in [0.3, 0.4) is 0 Å². The first-order chi connectivity index (χ1) is 16.3. The summed E-state index contributed by atoms with van der Waals surface area (Å²) in [6.45, 7) is 9.73. The maximum Gasteiger partial charge on any atom is 0.315 e. The van der Waals surface area contributed by atoms with E-state index in [1.807, 2.05) is 34.6 Å². The number of urea groups is 1. The number of amides is 5. The first-order valence-electron chi connectivity index (χ1n) is 11.9. The fourth-order valence-electron chi connectivity index (χ4n) is 4.00. The molecule has 1 aliphatic rings. The van der Waals surface area contributed by atoms with Crippen LogP contribution in [0.15, 0.2) is 24.3 Å². The zero-order valence-corrected chi connectivity index (χ0v) is 21.5. The number of hydrogen-bond donors (Lipinski definition) is 4. The molecule has 0 spiro atoms. The second-order valence-electron chi connectivity index (χ2n) is 10.5. The molecule has 5 N–H and O–H groups in total. The summed E-state index contributed by atoms with van der Waals surface area (Å²) in [6, 6.07) is 4.52. The molecule has 0 aromatic heterocycles. The number of hydrogen-bond acceptors (Lipinski definition) is 5. The predicted octanol–water partition coefficient (Wildman–Crippen LogP) is 1.32. The molecular weight excluding hydrogens is 450 g/mol. The standard InChI is InChI=1S/C25H39N5O5/c1-15(2)27-24(34)28-17-12-20(30(14-17)21(31)13-25(3,4)5)23(33)29-19(22(26)32)11-16-7-9-18(35-6)10-8-16/h7-10,15,17,19-20H,11-14H2,1-6H3,(H2,26,32)(H,29,33)(H2,27,28,34). The summed E-state index contributed by atoms with van der Waals surface area (Å²) >= 11 is 0. The van der Waals surface area contributed by atoms with Gasteiger partial charge < -0.3 is 31.3 Å². The number of carbonyl (C=O) groups is 4. The maximum atomic E-state index is 13.3. The molecule has 1 heterocycles. The molecular formula is C25H39N5O5. The lowest BCUT2D eigenvalue weighted by Crippen LogP contribution is -2.53. The van der Waals surface area contributed by atoms with Gasteiger partial charge in [0.1, 0.15) is 17.8 Å². The highest BCUT2D eigenvalue weighted by Crippen LogP contribution is 2.25. The zero-order valence-electron chi connectivity index (χ0n) is 21.5. The molecule has 3 unspecified atom stereocenters. The third-order valence-corrected chi connectivity index (χ3v) is 5.62. The van der Waals surface area contributed by atoms with Crippen molar-refractivity contribution < 1.29 is 23.9 Å². The Morgan fingerprint density at radius 1 is 1.11 bits per heavy atom. The average molecular weight is 490 g/mol. The van der Waals surface area contributed by atoms with Crippen LogP contribution in [-0.4, -0.2) is 66.5 Å². The number of carbonyl (C=O) groups excluding carboxylic acids is 4. The average Bonchev–Trinajstić information content (AvgIpc) is 3.15. The van der Waals surface area contributed by atoms with E-state index in [0.717, 1.165) is 5.56 Å². The van der Waals surface area contributed by atoms with Gasteiger partial charge in [0.05, 0.1) is 13.2 Å². The van der Waals surface area contributed by atoms with Crippen LogP contribution in [0.2, 0.25) is 0 Å². The quantitative estimate of drug-likeness (QED) is 0.414. The van der Waals surface area contributed by atoms with E-state index < -0.39 is 29.9 Å². The van der Waals surface area contributed by atoms with E-state index in [2.05, 4.69) is 16.0 Å². The van der Waals surface area contributed by atoms with Crippen LogP contribution in [0.1, 0.15) is 53.0 Å². The zero-order chi connectivity index (χ0) is 26.3. The van der Waals surface area contributed by atoms with Gasteiger partial charge in [0, 0.05) is 25.4 Å². The summed E-state index contributed by atoms with van der Waals surface area (Å²) < 4.78 is 5.15. The van der Waals surface area contributed by atoms with Crippen LogP contribution >= 0.6 is 0 Å². The molecule has 35 heavy (non-hydrogen) atoms. The molecule has 1 aromatic carbocycles. The molecule has 0 bridgehead atoms. The molecule has 0 aliphatic carbocycles. The van der Waals surface area contributed by atoms with E-state index in [1.54, 1.807) is 31.4 Å². The van der Waals surface area contributed by atoms with Crippen LogP contribution in [-0.2, 0) is 20.8 Å². The Balaban J connectivity index is 2.16. The van der Waals surface area contributed by atoms with Crippen LogP contribution in [0.4, 0.5) is 4.79 Å². The van der Waals surface area contributed by atoms with Crippen molar-refractivity contribution in [2.45, 2.75) is 78.0 Å². The summed E-state index contributed by atoms with van der Waals surface area (Å²) in [5.41, 5.74) is 6.10. The molecule has 3 atom stereocenters. The number of rotatable bonds is 9. The Hall–Kier alpha value is -3.30. The minimum absolute atomic E-state index is 0.0524. The lowest BCUT2D eigenvalue weighted by atomic mass is 9.91. The third-order valence-electron chi connectivity index (χ3n) is 5.62. The molecule has 0 saturated carbocycles. The largest absolute Gasteiger partial charge is 0.497 e. The number of likely N-dealkylation sites (tertiary alicyclic amines) is 1. The van der Waals surface area contributed by atoms with E-state index in [-0.39, 0.29) is 49.2 Å². The Morgan fingerprint density at radius 3 is 2.26 bits per heavy atom. The molecule has 10 nitrogen and oxygen atoms in total. The number of nitrogens with zero attached hydrogens (tertiary/aromatic N) is 1. The smallest absolute Gasteiger partial charge is 0.315 e. The normalized spacial score (nSPS) is 18.7. The van der Waals surface area contributed by atoms with E-state index >= 15 is 0 Å². The monoisotopic (exact) mass is 489 g/mol. The molecule has 194 valence electrons. The van der Waals surface area contributed by atoms with Gasteiger partial charge in [0.15, 0.2) is 0 Å². The molecule has 1 saturated heterocycles. The van der Waals surface area contributed by atoms with E-state index in [1.165, 1.54) is 4.90 Å². The van der Waals surface area contributed by atoms with Crippen molar-refractivity contribution >= 4 is 23.8 Å².